The molecule has 1 aliphatic carbocycles. The molecule has 0 unspecified atom stereocenters. The summed E-state index contributed by atoms with van der Waals surface area (Å²) in [6.45, 7) is 0.0312. The van der Waals surface area contributed by atoms with Crippen LogP contribution in [0.4, 0.5) is 0 Å². The monoisotopic (exact) mass is 314 g/mol. The first-order chi connectivity index (χ1) is 9.40. The van der Waals surface area contributed by atoms with Crippen molar-refractivity contribution in [2.75, 3.05) is 20.6 Å². The summed E-state index contributed by atoms with van der Waals surface area (Å²) in [7, 11) is 3.31. The van der Waals surface area contributed by atoms with Gasteiger partial charge in [-0.3, -0.25) is 9.59 Å². The molecule has 0 radical (unpaired) electrons. The lowest BCUT2D eigenvalue weighted by Gasteiger charge is -2.11. The third-order valence-corrected chi connectivity index (χ3v) is 3.96. The van der Waals surface area contributed by atoms with Crippen molar-refractivity contribution in [3.8, 4) is 0 Å². The lowest BCUT2D eigenvalue weighted by Crippen LogP contribution is -2.37. The Kier molecular flexibility index (Phi) is 4.55. The summed E-state index contributed by atoms with van der Waals surface area (Å²) in [5, 5.41) is 3.82. The number of hydrogen-bond acceptors (Lipinski definition) is 2. The molecule has 1 fully saturated rings. The van der Waals surface area contributed by atoms with E-state index in [-0.39, 0.29) is 30.2 Å². The van der Waals surface area contributed by atoms with Crippen LogP contribution in [0.1, 0.15) is 17.9 Å². The molecule has 0 aromatic heterocycles. The van der Waals surface area contributed by atoms with Gasteiger partial charge in [0.25, 0.3) is 0 Å². The zero-order valence-corrected chi connectivity index (χ0v) is 12.8. The highest BCUT2D eigenvalue weighted by molar-refractivity contribution is 6.35. The van der Waals surface area contributed by atoms with Crippen LogP contribution < -0.4 is 5.32 Å². The van der Waals surface area contributed by atoms with E-state index in [1.54, 1.807) is 26.2 Å². The number of nitrogens with zero attached hydrogens (tertiary/aromatic N) is 1. The largest absolute Gasteiger partial charge is 0.347 e. The molecule has 1 aliphatic rings. The number of likely N-dealkylation sites (N-methyl/N-ethyl adjacent to an activating group) is 1. The van der Waals surface area contributed by atoms with Crippen LogP contribution in [0.2, 0.25) is 10.0 Å². The highest BCUT2D eigenvalue weighted by atomic mass is 35.5. The van der Waals surface area contributed by atoms with Gasteiger partial charge in [-0.15, -0.1) is 0 Å². The van der Waals surface area contributed by atoms with Crippen molar-refractivity contribution in [3.05, 3.63) is 33.8 Å². The second-order valence-corrected chi connectivity index (χ2v) is 5.96. The van der Waals surface area contributed by atoms with Crippen molar-refractivity contribution in [2.45, 2.75) is 12.3 Å². The van der Waals surface area contributed by atoms with E-state index in [1.807, 2.05) is 6.07 Å². The van der Waals surface area contributed by atoms with Gasteiger partial charge in [-0.25, -0.2) is 0 Å². The summed E-state index contributed by atoms with van der Waals surface area (Å²) in [6.07, 6.45) is 0.753. The molecule has 0 aliphatic heterocycles. The molecule has 2 amide bonds. The predicted molar refractivity (Wildman–Crippen MR) is 79.0 cm³/mol. The van der Waals surface area contributed by atoms with E-state index < -0.39 is 0 Å². The van der Waals surface area contributed by atoms with Gasteiger partial charge in [0, 0.05) is 30.1 Å². The zero-order valence-electron chi connectivity index (χ0n) is 11.3. The first-order valence-electron chi connectivity index (χ1n) is 6.33. The van der Waals surface area contributed by atoms with Gasteiger partial charge < -0.3 is 10.2 Å². The molecule has 1 N–H and O–H groups in total. The van der Waals surface area contributed by atoms with Crippen molar-refractivity contribution in [1.29, 1.82) is 0 Å². The summed E-state index contributed by atoms with van der Waals surface area (Å²) < 4.78 is 0. The molecule has 4 nitrogen and oxygen atoms in total. The van der Waals surface area contributed by atoms with Crippen LogP contribution in [0, 0.1) is 5.92 Å². The SMILES string of the molecule is CN(C)C(=O)CNC(=O)[C@H]1C[C@H]1c1ccc(Cl)cc1Cl. The summed E-state index contributed by atoms with van der Waals surface area (Å²) in [6, 6.07) is 5.31. The Morgan fingerprint density at radius 3 is 2.65 bits per heavy atom. The van der Waals surface area contributed by atoms with Crippen molar-refractivity contribution in [3.63, 3.8) is 0 Å². The van der Waals surface area contributed by atoms with E-state index in [9.17, 15) is 9.59 Å². The Balaban J connectivity index is 1.91. The average Bonchev–Trinajstić information content (AvgIpc) is 3.15. The quantitative estimate of drug-likeness (QED) is 0.927. The Hall–Kier alpha value is -1.26. The van der Waals surface area contributed by atoms with Gasteiger partial charge in [-0.2, -0.15) is 0 Å². The summed E-state index contributed by atoms with van der Waals surface area (Å²) >= 11 is 12.0. The number of rotatable bonds is 4. The van der Waals surface area contributed by atoms with Crippen LogP contribution in [0.3, 0.4) is 0 Å². The minimum absolute atomic E-state index is 0.0312. The van der Waals surface area contributed by atoms with Crippen LogP contribution in [0.15, 0.2) is 18.2 Å². The van der Waals surface area contributed by atoms with E-state index in [1.165, 1.54) is 4.90 Å². The van der Waals surface area contributed by atoms with Crippen molar-refractivity contribution >= 4 is 35.0 Å². The smallest absolute Gasteiger partial charge is 0.241 e. The molecule has 0 bridgehead atoms. The van der Waals surface area contributed by atoms with E-state index in [4.69, 9.17) is 23.2 Å². The van der Waals surface area contributed by atoms with E-state index in [2.05, 4.69) is 5.32 Å². The molecule has 20 heavy (non-hydrogen) atoms. The third kappa shape index (κ3) is 3.44. The van der Waals surface area contributed by atoms with Gasteiger partial charge in [-0.1, -0.05) is 29.3 Å². The van der Waals surface area contributed by atoms with Crippen molar-refractivity contribution < 1.29 is 9.59 Å². The summed E-state index contributed by atoms with van der Waals surface area (Å²) in [5.74, 6) is -0.214. The number of nitrogens with one attached hydrogen (secondary N) is 1. The minimum Gasteiger partial charge on any atom is -0.347 e. The lowest BCUT2D eigenvalue weighted by molar-refractivity contribution is -0.131. The number of halogens is 2. The standard InChI is InChI=1S/C14H16Cl2N2O2/c1-18(2)13(19)7-17-14(20)11-6-10(11)9-4-3-8(15)5-12(9)16/h3-5,10-11H,6-7H2,1-2H3,(H,17,20)/t10-,11-/m0/s1. The van der Waals surface area contributed by atoms with Crippen molar-refractivity contribution in [1.82, 2.24) is 10.2 Å². The van der Waals surface area contributed by atoms with Crippen LogP contribution in [-0.4, -0.2) is 37.4 Å². The Labute approximate surface area is 128 Å². The fourth-order valence-corrected chi connectivity index (χ4v) is 2.63. The van der Waals surface area contributed by atoms with Gasteiger partial charge >= 0.3 is 0 Å². The normalized spacial score (nSPS) is 20.4. The molecule has 0 heterocycles. The fraction of sp³-hybridized carbons (Fsp3) is 0.429. The highest BCUT2D eigenvalue weighted by Crippen LogP contribution is 2.49. The van der Waals surface area contributed by atoms with Crippen LogP contribution >= 0.6 is 23.2 Å². The minimum atomic E-state index is -0.125. The van der Waals surface area contributed by atoms with Crippen LogP contribution in [0.25, 0.3) is 0 Å². The maximum absolute atomic E-state index is 11.9. The molecule has 1 aromatic carbocycles. The fourth-order valence-electron chi connectivity index (χ4n) is 2.08. The zero-order chi connectivity index (χ0) is 14.9. The predicted octanol–water partition coefficient (Wildman–Crippen LogP) is 2.30. The maximum Gasteiger partial charge on any atom is 0.241 e. The highest BCUT2D eigenvalue weighted by Gasteiger charge is 2.44. The van der Waals surface area contributed by atoms with E-state index in [0.717, 1.165) is 12.0 Å². The number of hydrogen-bond donors (Lipinski definition) is 1. The van der Waals surface area contributed by atoms with Gasteiger partial charge in [0.2, 0.25) is 11.8 Å². The number of benzene rings is 1. The molecule has 2 rings (SSSR count). The Morgan fingerprint density at radius 2 is 2.05 bits per heavy atom. The molecule has 0 spiro atoms. The summed E-state index contributed by atoms with van der Waals surface area (Å²) in [4.78, 5) is 24.8. The second-order valence-electron chi connectivity index (χ2n) is 5.12. The van der Waals surface area contributed by atoms with Gasteiger partial charge in [-0.05, 0) is 30.0 Å². The molecule has 1 aromatic rings. The molecule has 6 heteroatoms. The topological polar surface area (TPSA) is 49.4 Å². The molecular weight excluding hydrogens is 299 g/mol. The molecule has 2 atom stereocenters. The molecular formula is C14H16Cl2N2O2. The number of carbonyl (C=O) groups is 2. The summed E-state index contributed by atoms with van der Waals surface area (Å²) in [5.41, 5.74) is 0.940. The van der Waals surface area contributed by atoms with E-state index >= 15 is 0 Å². The maximum atomic E-state index is 11.9. The average molecular weight is 315 g/mol. The van der Waals surface area contributed by atoms with Crippen LogP contribution in [-0.2, 0) is 9.59 Å². The Morgan fingerprint density at radius 1 is 1.35 bits per heavy atom. The Bertz CT molecular complexity index is 546. The van der Waals surface area contributed by atoms with E-state index in [0.29, 0.717) is 10.0 Å². The first kappa shape index (κ1) is 15.1. The third-order valence-electron chi connectivity index (χ3n) is 3.40. The lowest BCUT2D eigenvalue weighted by atomic mass is 10.1. The van der Waals surface area contributed by atoms with Gasteiger partial charge in [0.05, 0.1) is 6.54 Å². The number of amides is 2. The van der Waals surface area contributed by atoms with Crippen LogP contribution in [0.5, 0.6) is 0 Å². The van der Waals surface area contributed by atoms with Gasteiger partial charge in [0.15, 0.2) is 0 Å². The second kappa shape index (κ2) is 6.02. The van der Waals surface area contributed by atoms with Crippen molar-refractivity contribution in [2.24, 2.45) is 5.92 Å². The van der Waals surface area contributed by atoms with Gasteiger partial charge in [0.1, 0.15) is 0 Å². The molecule has 0 saturated heterocycles. The number of carbonyl (C=O) groups excluding carboxylic acids is 2. The molecule has 1 saturated carbocycles. The first-order valence-corrected chi connectivity index (χ1v) is 7.08. The molecule has 108 valence electrons.